The zero-order valence-electron chi connectivity index (χ0n) is 16.4. The summed E-state index contributed by atoms with van der Waals surface area (Å²) < 4.78 is 11.8. The van der Waals surface area contributed by atoms with Gasteiger partial charge in [-0.3, -0.25) is 0 Å². The number of rotatable bonds is 14. The van der Waals surface area contributed by atoms with Crippen LogP contribution in [0, 0.1) is 22.7 Å². The smallest absolute Gasteiger partial charge is 0.124 e. The summed E-state index contributed by atoms with van der Waals surface area (Å²) in [6.45, 7) is 5.64. The molecule has 26 heavy (non-hydrogen) atoms. The van der Waals surface area contributed by atoms with Crippen molar-refractivity contribution in [3.05, 3.63) is 23.3 Å². The van der Waals surface area contributed by atoms with Crippen LogP contribution >= 0.6 is 0 Å². The van der Waals surface area contributed by atoms with Gasteiger partial charge in [0.05, 0.1) is 38.2 Å². The van der Waals surface area contributed by atoms with Gasteiger partial charge >= 0.3 is 0 Å². The zero-order valence-corrected chi connectivity index (χ0v) is 16.4. The number of nitriles is 2. The lowest BCUT2D eigenvalue weighted by Crippen LogP contribution is -2.05. The van der Waals surface area contributed by atoms with Gasteiger partial charge in [-0.15, -0.1) is 0 Å². The van der Waals surface area contributed by atoms with Crippen LogP contribution in [0.4, 0.5) is 0 Å². The van der Waals surface area contributed by atoms with Gasteiger partial charge in [-0.25, -0.2) is 0 Å². The minimum atomic E-state index is 0.281. The molecule has 1 aromatic carbocycles. The lowest BCUT2D eigenvalue weighted by Gasteiger charge is -2.16. The predicted molar refractivity (Wildman–Crippen MR) is 104 cm³/mol. The summed E-state index contributed by atoms with van der Waals surface area (Å²) in [5, 5.41) is 18.2. The van der Waals surface area contributed by atoms with Crippen LogP contribution in [-0.2, 0) is 12.8 Å². The Labute approximate surface area is 158 Å². The van der Waals surface area contributed by atoms with E-state index in [1.807, 2.05) is 12.1 Å². The normalized spacial score (nSPS) is 10.2. The molecule has 142 valence electrons. The first-order chi connectivity index (χ1) is 12.8. The second kappa shape index (κ2) is 14.0. The number of ether oxygens (including phenoxy) is 2. The van der Waals surface area contributed by atoms with Crippen LogP contribution in [0.15, 0.2) is 12.1 Å². The van der Waals surface area contributed by atoms with Gasteiger partial charge in [-0.1, -0.05) is 52.4 Å². The monoisotopic (exact) mass is 356 g/mol. The molecule has 4 heteroatoms. The van der Waals surface area contributed by atoms with E-state index in [9.17, 15) is 0 Å². The van der Waals surface area contributed by atoms with Gasteiger partial charge in [0.1, 0.15) is 11.5 Å². The van der Waals surface area contributed by atoms with Crippen LogP contribution in [0.1, 0.15) is 76.3 Å². The quantitative estimate of drug-likeness (QED) is 0.399. The highest BCUT2D eigenvalue weighted by atomic mass is 16.5. The minimum absolute atomic E-state index is 0.281. The van der Waals surface area contributed by atoms with E-state index in [4.69, 9.17) is 20.0 Å². The highest BCUT2D eigenvalue weighted by Crippen LogP contribution is 2.30. The maximum atomic E-state index is 9.12. The molecule has 0 aliphatic carbocycles. The van der Waals surface area contributed by atoms with E-state index in [1.165, 1.54) is 25.7 Å². The third-order valence-electron chi connectivity index (χ3n) is 4.29. The number of hydrogen-bond donors (Lipinski definition) is 0. The fourth-order valence-corrected chi connectivity index (χ4v) is 2.78. The minimum Gasteiger partial charge on any atom is -0.493 e. The molecular formula is C22H32N2O2. The van der Waals surface area contributed by atoms with Crippen LogP contribution in [0.2, 0.25) is 0 Å². The molecule has 0 N–H and O–H groups in total. The van der Waals surface area contributed by atoms with Crippen LogP contribution in [-0.4, -0.2) is 13.2 Å². The molecule has 0 saturated heterocycles. The molecule has 0 heterocycles. The van der Waals surface area contributed by atoms with E-state index < -0.39 is 0 Å². The summed E-state index contributed by atoms with van der Waals surface area (Å²) in [5.74, 6) is 1.43. The molecule has 0 spiro atoms. The van der Waals surface area contributed by atoms with E-state index in [1.54, 1.807) is 0 Å². The lowest BCUT2D eigenvalue weighted by atomic mass is 10.0. The van der Waals surface area contributed by atoms with E-state index >= 15 is 0 Å². The Bertz CT molecular complexity index is 546. The van der Waals surface area contributed by atoms with Gasteiger partial charge in [0.25, 0.3) is 0 Å². The van der Waals surface area contributed by atoms with Crippen molar-refractivity contribution in [1.82, 2.24) is 0 Å². The summed E-state index contributed by atoms with van der Waals surface area (Å²) in [4.78, 5) is 0. The predicted octanol–water partition coefficient (Wildman–Crippen LogP) is 5.74. The molecule has 1 aromatic rings. The van der Waals surface area contributed by atoms with Gasteiger partial charge in [0, 0.05) is 11.1 Å². The molecule has 0 atom stereocenters. The van der Waals surface area contributed by atoms with E-state index in [0.29, 0.717) is 24.7 Å². The molecule has 0 fully saturated rings. The lowest BCUT2D eigenvalue weighted by molar-refractivity contribution is 0.293. The number of hydrogen-bond acceptors (Lipinski definition) is 4. The topological polar surface area (TPSA) is 66.0 Å². The van der Waals surface area contributed by atoms with Crippen LogP contribution in [0.3, 0.4) is 0 Å². The second-order valence-corrected chi connectivity index (χ2v) is 6.56. The number of benzene rings is 1. The van der Waals surface area contributed by atoms with Crippen molar-refractivity contribution in [2.75, 3.05) is 13.2 Å². The SMILES string of the molecule is CCCCCCOc1cc(CC#N)c(OCCCCCC)cc1CC#N. The maximum Gasteiger partial charge on any atom is 0.124 e. The Morgan fingerprint density at radius 3 is 1.46 bits per heavy atom. The highest BCUT2D eigenvalue weighted by Gasteiger charge is 2.12. The largest absolute Gasteiger partial charge is 0.493 e. The van der Waals surface area contributed by atoms with E-state index in [0.717, 1.165) is 36.8 Å². The van der Waals surface area contributed by atoms with Gasteiger partial charge in [-0.2, -0.15) is 10.5 Å². The average Bonchev–Trinajstić information content (AvgIpc) is 2.64. The third-order valence-corrected chi connectivity index (χ3v) is 4.29. The standard InChI is InChI=1S/C22H32N2O2/c1-3-5-7-9-15-25-21-17-20(12-14-24)22(18-19(21)11-13-23)26-16-10-8-6-4-2/h17-18H,3-12,15-16H2,1-2H3. The molecule has 0 saturated carbocycles. The zero-order chi connectivity index (χ0) is 19.0. The summed E-state index contributed by atoms with van der Waals surface area (Å²) in [6, 6.07) is 8.17. The first kappa shape index (κ1) is 21.8. The van der Waals surface area contributed by atoms with Gasteiger partial charge in [0.2, 0.25) is 0 Å². The molecule has 0 bridgehead atoms. The van der Waals surface area contributed by atoms with Crippen LogP contribution < -0.4 is 9.47 Å². The molecule has 4 nitrogen and oxygen atoms in total. The van der Waals surface area contributed by atoms with Crippen molar-refractivity contribution >= 4 is 0 Å². The Hall–Kier alpha value is -2.20. The second-order valence-electron chi connectivity index (χ2n) is 6.56. The van der Waals surface area contributed by atoms with Crippen molar-refractivity contribution in [1.29, 1.82) is 10.5 Å². The van der Waals surface area contributed by atoms with Gasteiger partial charge in [0.15, 0.2) is 0 Å². The number of unbranched alkanes of at least 4 members (excludes halogenated alkanes) is 6. The fraction of sp³-hybridized carbons (Fsp3) is 0.636. The molecule has 1 rings (SSSR count). The van der Waals surface area contributed by atoms with Crippen molar-refractivity contribution < 1.29 is 9.47 Å². The van der Waals surface area contributed by atoms with Crippen molar-refractivity contribution in [3.63, 3.8) is 0 Å². The first-order valence-corrected chi connectivity index (χ1v) is 9.92. The molecular weight excluding hydrogens is 324 g/mol. The molecule has 0 unspecified atom stereocenters. The Balaban J connectivity index is 2.81. The summed E-state index contributed by atoms with van der Waals surface area (Å²) in [5.41, 5.74) is 1.68. The number of nitrogens with zero attached hydrogens (tertiary/aromatic N) is 2. The fourth-order valence-electron chi connectivity index (χ4n) is 2.78. The van der Waals surface area contributed by atoms with Crippen molar-refractivity contribution in [3.8, 4) is 23.6 Å². The summed E-state index contributed by atoms with van der Waals surface area (Å²) in [6.07, 6.45) is 9.66. The van der Waals surface area contributed by atoms with Gasteiger partial charge in [-0.05, 0) is 25.0 Å². The summed E-state index contributed by atoms with van der Waals surface area (Å²) >= 11 is 0. The highest BCUT2D eigenvalue weighted by molar-refractivity contribution is 5.48. The first-order valence-electron chi connectivity index (χ1n) is 9.92. The Morgan fingerprint density at radius 2 is 1.12 bits per heavy atom. The average molecular weight is 357 g/mol. The maximum absolute atomic E-state index is 9.12. The van der Waals surface area contributed by atoms with Gasteiger partial charge < -0.3 is 9.47 Å². The molecule has 0 amide bonds. The van der Waals surface area contributed by atoms with Crippen molar-refractivity contribution in [2.24, 2.45) is 0 Å². The van der Waals surface area contributed by atoms with Crippen molar-refractivity contribution in [2.45, 2.75) is 78.1 Å². The third kappa shape index (κ3) is 8.26. The Morgan fingerprint density at radius 1 is 0.692 bits per heavy atom. The van der Waals surface area contributed by atoms with E-state index in [-0.39, 0.29) is 12.8 Å². The van der Waals surface area contributed by atoms with Crippen LogP contribution in [0.25, 0.3) is 0 Å². The Kier molecular flexibility index (Phi) is 11.8. The molecule has 0 aliphatic rings. The molecule has 0 aromatic heterocycles. The molecule has 0 radical (unpaired) electrons. The van der Waals surface area contributed by atoms with Crippen LogP contribution in [0.5, 0.6) is 11.5 Å². The summed E-state index contributed by atoms with van der Waals surface area (Å²) in [7, 11) is 0. The molecule has 0 aliphatic heterocycles. The van der Waals surface area contributed by atoms with E-state index in [2.05, 4.69) is 26.0 Å².